The summed E-state index contributed by atoms with van der Waals surface area (Å²) < 4.78 is 0. The molecule has 0 unspecified atom stereocenters. The molecule has 4 heterocycles. The Bertz CT molecular complexity index is 974. The molecule has 134 valence electrons. The zero-order valence-electron chi connectivity index (χ0n) is 14.1. The normalized spacial score (nSPS) is 19.1. The molecular formula is C17H19N7O2. The lowest BCUT2D eigenvalue weighted by Crippen LogP contribution is -2.47. The van der Waals surface area contributed by atoms with Gasteiger partial charge in [-0.1, -0.05) is 0 Å². The molecule has 9 heteroatoms. The van der Waals surface area contributed by atoms with Crippen molar-refractivity contribution in [3.05, 3.63) is 30.4 Å². The van der Waals surface area contributed by atoms with Crippen LogP contribution in [0.4, 0.5) is 5.82 Å². The topological polar surface area (TPSA) is 114 Å². The van der Waals surface area contributed by atoms with Crippen LogP contribution < -0.4 is 4.90 Å². The average molecular weight is 353 g/mol. The smallest absolute Gasteiger partial charge is 0.275 e. The van der Waals surface area contributed by atoms with E-state index in [1.54, 1.807) is 6.33 Å². The van der Waals surface area contributed by atoms with Crippen LogP contribution in [0.1, 0.15) is 29.8 Å². The number of carbonyl (C=O) groups excluding carboxylic acids is 1. The number of aromatic hydroxyl groups is 1. The first kappa shape index (κ1) is 15.2. The zero-order valence-corrected chi connectivity index (χ0v) is 14.1. The summed E-state index contributed by atoms with van der Waals surface area (Å²) in [7, 11) is 0. The number of amides is 1. The van der Waals surface area contributed by atoms with Crippen LogP contribution in [0.2, 0.25) is 0 Å². The Morgan fingerprint density at radius 1 is 1.27 bits per heavy atom. The number of hydrogen-bond donors (Lipinski definition) is 3. The number of carbonyl (C=O) groups is 1. The number of aromatic nitrogens is 5. The van der Waals surface area contributed by atoms with E-state index in [4.69, 9.17) is 0 Å². The highest BCUT2D eigenvalue weighted by Gasteiger charge is 2.52. The van der Waals surface area contributed by atoms with E-state index in [9.17, 15) is 9.90 Å². The predicted octanol–water partition coefficient (Wildman–Crippen LogP) is 1.27. The van der Waals surface area contributed by atoms with Crippen molar-refractivity contribution >= 4 is 22.8 Å². The third kappa shape index (κ3) is 2.31. The van der Waals surface area contributed by atoms with Crippen molar-refractivity contribution < 1.29 is 9.90 Å². The molecule has 3 aromatic rings. The summed E-state index contributed by atoms with van der Waals surface area (Å²) in [5.41, 5.74) is 0.900. The molecule has 2 fully saturated rings. The van der Waals surface area contributed by atoms with Gasteiger partial charge in [0.15, 0.2) is 5.69 Å². The first-order chi connectivity index (χ1) is 12.7. The Morgan fingerprint density at radius 3 is 2.92 bits per heavy atom. The van der Waals surface area contributed by atoms with Crippen molar-refractivity contribution in [2.24, 2.45) is 0 Å². The van der Waals surface area contributed by atoms with Gasteiger partial charge in [0, 0.05) is 31.9 Å². The van der Waals surface area contributed by atoms with Crippen LogP contribution >= 0.6 is 0 Å². The Kier molecular flexibility index (Phi) is 3.18. The van der Waals surface area contributed by atoms with E-state index < -0.39 is 0 Å². The molecule has 1 aliphatic carbocycles. The lowest BCUT2D eigenvalue weighted by Gasteiger charge is -2.32. The van der Waals surface area contributed by atoms with Gasteiger partial charge in [-0.2, -0.15) is 5.10 Å². The number of H-pyrrole nitrogens is 2. The van der Waals surface area contributed by atoms with Crippen molar-refractivity contribution in [2.75, 3.05) is 24.5 Å². The SMILES string of the molecule is O=C(c1cc(O)[nH]n1)N1CCCN(c2ncnc3[nH]ccc23)CC12CC2. The zero-order chi connectivity index (χ0) is 17.7. The number of aromatic amines is 2. The van der Waals surface area contributed by atoms with Crippen molar-refractivity contribution in [3.8, 4) is 5.88 Å². The van der Waals surface area contributed by atoms with Gasteiger partial charge in [-0.3, -0.25) is 4.79 Å². The highest BCUT2D eigenvalue weighted by molar-refractivity contribution is 5.93. The number of anilines is 1. The molecule has 3 N–H and O–H groups in total. The third-order valence-corrected chi connectivity index (χ3v) is 5.36. The molecule has 0 atom stereocenters. The van der Waals surface area contributed by atoms with Crippen LogP contribution in [0.3, 0.4) is 0 Å². The predicted molar refractivity (Wildman–Crippen MR) is 94.0 cm³/mol. The van der Waals surface area contributed by atoms with Gasteiger partial charge < -0.3 is 19.9 Å². The summed E-state index contributed by atoms with van der Waals surface area (Å²) in [6, 6.07) is 3.37. The summed E-state index contributed by atoms with van der Waals surface area (Å²) in [6.45, 7) is 2.24. The second kappa shape index (κ2) is 5.45. The first-order valence-corrected chi connectivity index (χ1v) is 8.76. The van der Waals surface area contributed by atoms with Crippen molar-refractivity contribution in [3.63, 3.8) is 0 Å². The lowest BCUT2D eigenvalue weighted by molar-refractivity contribution is 0.0663. The fourth-order valence-corrected chi connectivity index (χ4v) is 3.92. The van der Waals surface area contributed by atoms with Gasteiger partial charge in [-0.15, -0.1) is 0 Å². The largest absolute Gasteiger partial charge is 0.494 e. The maximum atomic E-state index is 12.9. The summed E-state index contributed by atoms with van der Waals surface area (Å²) in [5, 5.41) is 16.8. The molecule has 3 aromatic heterocycles. The summed E-state index contributed by atoms with van der Waals surface area (Å²) in [4.78, 5) is 29.0. The van der Waals surface area contributed by atoms with Gasteiger partial charge in [-0.25, -0.2) is 15.1 Å². The Labute approximate surface area is 149 Å². The van der Waals surface area contributed by atoms with Gasteiger partial charge in [0.25, 0.3) is 5.91 Å². The number of fused-ring (bicyclic) bond motifs is 1. The minimum Gasteiger partial charge on any atom is -0.494 e. The van der Waals surface area contributed by atoms with Crippen molar-refractivity contribution in [1.29, 1.82) is 0 Å². The standard InChI is InChI=1S/C17H19N7O2/c25-13-8-12(21-22-13)16(26)24-7-1-6-23(9-17(24)3-4-17)15-11-2-5-18-14(11)19-10-20-15/h2,5,8,10H,1,3-4,6-7,9H2,(H,18,19,20)(H2,21,22,25). The molecule has 26 heavy (non-hydrogen) atoms. The number of nitrogens with zero attached hydrogens (tertiary/aromatic N) is 5. The molecule has 0 aromatic carbocycles. The van der Waals surface area contributed by atoms with Crippen LogP contribution in [0.5, 0.6) is 5.88 Å². The van der Waals surface area contributed by atoms with Crippen LogP contribution in [-0.2, 0) is 0 Å². The van der Waals surface area contributed by atoms with E-state index in [2.05, 4.69) is 30.0 Å². The van der Waals surface area contributed by atoms with Gasteiger partial charge in [-0.05, 0) is 25.3 Å². The molecule has 0 bridgehead atoms. The van der Waals surface area contributed by atoms with E-state index in [0.717, 1.165) is 49.2 Å². The minimum atomic E-state index is -0.185. The first-order valence-electron chi connectivity index (χ1n) is 8.76. The van der Waals surface area contributed by atoms with Crippen LogP contribution in [0, 0.1) is 0 Å². The highest BCUT2D eigenvalue weighted by atomic mass is 16.3. The molecule has 1 saturated heterocycles. The lowest BCUT2D eigenvalue weighted by atomic mass is 10.2. The molecule has 2 aliphatic rings. The number of hydrogen-bond acceptors (Lipinski definition) is 6. The second-order valence-corrected chi connectivity index (χ2v) is 7.03. The van der Waals surface area contributed by atoms with E-state index in [0.29, 0.717) is 6.54 Å². The maximum absolute atomic E-state index is 12.9. The van der Waals surface area contributed by atoms with Crippen LogP contribution in [0.15, 0.2) is 24.7 Å². The van der Waals surface area contributed by atoms with Crippen LogP contribution in [0.25, 0.3) is 11.0 Å². The molecule has 5 rings (SSSR count). The molecule has 1 aliphatic heterocycles. The molecular weight excluding hydrogens is 334 g/mol. The fourth-order valence-electron chi connectivity index (χ4n) is 3.92. The van der Waals surface area contributed by atoms with E-state index in [1.807, 2.05) is 17.2 Å². The fraction of sp³-hybridized carbons (Fsp3) is 0.412. The van der Waals surface area contributed by atoms with E-state index in [-0.39, 0.29) is 23.0 Å². The van der Waals surface area contributed by atoms with E-state index in [1.165, 1.54) is 6.07 Å². The summed E-state index contributed by atoms with van der Waals surface area (Å²) in [5.74, 6) is 0.690. The van der Waals surface area contributed by atoms with Gasteiger partial charge in [0.05, 0.1) is 10.9 Å². The van der Waals surface area contributed by atoms with Gasteiger partial charge >= 0.3 is 0 Å². The Morgan fingerprint density at radius 2 is 2.15 bits per heavy atom. The molecule has 1 amide bonds. The summed E-state index contributed by atoms with van der Waals surface area (Å²) in [6.07, 6.45) is 6.22. The monoisotopic (exact) mass is 353 g/mol. The second-order valence-electron chi connectivity index (χ2n) is 7.03. The highest BCUT2D eigenvalue weighted by Crippen LogP contribution is 2.45. The molecule has 0 radical (unpaired) electrons. The van der Waals surface area contributed by atoms with Crippen molar-refractivity contribution in [2.45, 2.75) is 24.8 Å². The third-order valence-electron chi connectivity index (χ3n) is 5.36. The number of nitrogens with one attached hydrogen (secondary N) is 2. The Balaban J connectivity index is 1.46. The maximum Gasteiger partial charge on any atom is 0.275 e. The van der Waals surface area contributed by atoms with Gasteiger partial charge in [0.1, 0.15) is 17.8 Å². The average Bonchev–Trinajstić information content (AvgIpc) is 3.09. The minimum absolute atomic E-state index is 0.0921. The summed E-state index contributed by atoms with van der Waals surface area (Å²) >= 11 is 0. The molecule has 1 spiro atoms. The Hall–Kier alpha value is -3.10. The van der Waals surface area contributed by atoms with Crippen LogP contribution in [-0.4, -0.2) is 66.2 Å². The van der Waals surface area contributed by atoms with E-state index >= 15 is 0 Å². The molecule has 9 nitrogen and oxygen atoms in total. The molecule has 1 saturated carbocycles. The quantitative estimate of drug-likeness (QED) is 0.639. The van der Waals surface area contributed by atoms with Crippen molar-refractivity contribution in [1.82, 2.24) is 30.0 Å². The number of rotatable bonds is 2. The van der Waals surface area contributed by atoms with Gasteiger partial charge in [0.2, 0.25) is 5.88 Å².